The van der Waals surface area contributed by atoms with Gasteiger partial charge in [-0.1, -0.05) is 6.07 Å². The second-order valence-electron chi connectivity index (χ2n) is 9.45. The number of carbonyl (C=O) groups excluding carboxylic acids is 1. The third kappa shape index (κ3) is 4.57. The first-order valence-corrected chi connectivity index (χ1v) is 12.6. The summed E-state index contributed by atoms with van der Waals surface area (Å²) in [5.41, 5.74) is 5.39. The monoisotopic (exact) mass is 515 g/mol. The first-order chi connectivity index (χ1) is 18.3. The number of fused-ring (bicyclic) bond motifs is 1. The lowest BCUT2D eigenvalue weighted by Gasteiger charge is -2.35. The van der Waals surface area contributed by atoms with E-state index in [1.807, 2.05) is 66.8 Å². The Balaban J connectivity index is 1.68. The molecule has 0 atom stereocenters. The normalized spacial score (nSPS) is 13.6. The van der Waals surface area contributed by atoms with Crippen molar-refractivity contribution >= 4 is 28.9 Å². The molecule has 10 nitrogen and oxygen atoms in total. The lowest BCUT2D eigenvalue weighted by molar-refractivity contribution is -0.129. The van der Waals surface area contributed by atoms with E-state index in [1.54, 1.807) is 21.1 Å². The van der Waals surface area contributed by atoms with Crippen LogP contribution < -0.4 is 19.3 Å². The number of nitrogens with zero attached hydrogens (tertiary/aromatic N) is 7. The molecule has 1 amide bonds. The molecule has 1 aromatic carbocycles. The molecule has 0 spiro atoms. The van der Waals surface area contributed by atoms with Crippen molar-refractivity contribution in [2.75, 3.05) is 57.2 Å². The highest BCUT2D eigenvalue weighted by Gasteiger charge is 2.25. The largest absolute Gasteiger partial charge is 0.493 e. The molecule has 0 unspecified atom stereocenters. The SMILES string of the molecule is COc1ccc(-c2c(C)nn3c(N(C)c4ccnc(C)c4)cc(N4CCN(C(C)=O)CC4)nc23)cc1OC. The van der Waals surface area contributed by atoms with Gasteiger partial charge >= 0.3 is 0 Å². The van der Waals surface area contributed by atoms with Crippen LogP contribution in [0.5, 0.6) is 11.5 Å². The number of aryl methyl sites for hydroxylation is 2. The summed E-state index contributed by atoms with van der Waals surface area (Å²) in [6.07, 6.45) is 1.81. The fourth-order valence-electron chi connectivity index (χ4n) is 4.95. The number of anilines is 3. The van der Waals surface area contributed by atoms with Crippen molar-refractivity contribution in [1.29, 1.82) is 0 Å². The van der Waals surface area contributed by atoms with Gasteiger partial charge in [0, 0.05) is 69.4 Å². The van der Waals surface area contributed by atoms with Gasteiger partial charge in [-0.05, 0) is 43.7 Å². The average molecular weight is 516 g/mol. The molecule has 10 heteroatoms. The Labute approximate surface area is 222 Å². The van der Waals surface area contributed by atoms with E-state index < -0.39 is 0 Å². The van der Waals surface area contributed by atoms with E-state index in [0.29, 0.717) is 37.7 Å². The maximum atomic E-state index is 11.9. The third-order valence-electron chi connectivity index (χ3n) is 7.06. The van der Waals surface area contributed by atoms with Gasteiger partial charge < -0.3 is 24.2 Å². The fraction of sp³-hybridized carbons (Fsp3) is 0.357. The molecule has 1 aliphatic heterocycles. The van der Waals surface area contributed by atoms with E-state index >= 15 is 0 Å². The molecule has 4 heterocycles. The molecule has 3 aromatic heterocycles. The average Bonchev–Trinajstić information content (AvgIpc) is 3.27. The van der Waals surface area contributed by atoms with Gasteiger partial charge in [0.25, 0.3) is 0 Å². The highest BCUT2D eigenvalue weighted by Crippen LogP contribution is 2.37. The number of aromatic nitrogens is 4. The summed E-state index contributed by atoms with van der Waals surface area (Å²) in [5, 5.41) is 4.93. The zero-order valence-electron chi connectivity index (χ0n) is 22.7. The quantitative estimate of drug-likeness (QED) is 0.383. The molecule has 38 heavy (non-hydrogen) atoms. The number of benzene rings is 1. The number of pyridine rings is 1. The van der Waals surface area contributed by atoms with Gasteiger partial charge in [-0.3, -0.25) is 9.78 Å². The van der Waals surface area contributed by atoms with E-state index in [4.69, 9.17) is 19.6 Å². The second-order valence-corrected chi connectivity index (χ2v) is 9.45. The summed E-state index contributed by atoms with van der Waals surface area (Å²) in [4.78, 5) is 27.6. The van der Waals surface area contributed by atoms with Gasteiger partial charge in [0.05, 0.1) is 19.9 Å². The molecule has 1 fully saturated rings. The smallest absolute Gasteiger partial charge is 0.219 e. The van der Waals surface area contributed by atoms with Gasteiger partial charge in [0.2, 0.25) is 5.91 Å². The Morgan fingerprint density at radius 1 is 0.974 bits per heavy atom. The van der Waals surface area contributed by atoms with Crippen LogP contribution in [0, 0.1) is 13.8 Å². The number of rotatable bonds is 6. The number of methoxy groups -OCH3 is 2. The van der Waals surface area contributed by atoms with Crippen molar-refractivity contribution in [3.8, 4) is 22.6 Å². The molecule has 1 aliphatic rings. The lowest BCUT2D eigenvalue weighted by Crippen LogP contribution is -2.48. The van der Waals surface area contributed by atoms with Crippen LogP contribution in [0.3, 0.4) is 0 Å². The minimum atomic E-state index is 0.101. The molecular weight excluding hydrogens is 482 g/mol. The summed E-state index contributed by atoms with van der Waals surface area (Å²) in [6.45, 7) is 8.33. The van der Waals surface area contributed by atoms with Crippen molar-refractivity contribution in [2.45, 2.75) is 20.8 Å². The standard InChI is InChI=1S/C28H33N7O3/c1-18-15-22(9-10-29-18)32(4)26-17-25(34-13-11-33(12-14-34)20(3)36)30-28-27(19(2)31-35(26)28)21-7-8-23(37-5)24(16-21)38-6/h7-10,15-17H,11-14H2,1-6H3. The van der Waals surface area contributed by atoms with Gasteiger partial charge in [0.15, 0.2) is 17.1 Å². The molecule has 0 radical (unpaired) electrons. The molecule has 0 saturated carbocycles. The van der Waals surface area contributed by atoms with E-state index in [-0.39, 0.29) is 5.91 Å². The Morgan fingerprint density at radius 3 is 2.37 bits per heavy atom. The number of piperazine rings is 1. The molecule has 0 bridgehead atoms. The van der Waals surface area contributed by atoms with Gasteiger partial charge in [0.1, 0.15) is 11.6 Å². The number of hydrogen-bond donors (Lipinski definition) is 0. The van der Waals surface area contributed by atoms with Gasteiger partial charge in [-0.25, -0.2) is 4.98 Å². The summed E-state index contributed by atoms with van der Waals surface area (Å²) < 4.78 is 12.9. The first kappa shape index (κ1) is 25.3. The van der Waals surface area contributed by atoms with E-state index in [2.05, 4.69) is 20.9 Å². The molecule has 1 saturated heterocycles. The molecule has 4 aromatic rings. The molecule has 198 valence electrons. The molecule has 5 rings (SSSR count). The van der Waals surface area contributed by atoms with E-state index in [0.717, 1.165) is 45.5 Å². The summed E-state index contributed by atoms with van der Waals surface area (Å²) in [7, 11) is 5.28. The Hall–Kier alpha value is -4.34. The van der Waals surface area contributed by atoms with Gasteiger partial charge in [-0.2, -0.15) is 9.61 Å². The van der Waals surface area contributed by atoms with E-state index in [9.17, 15) is 4.79 Å². The van der Waals surface area contributed by atoms with Crippen LogP contribution in [-0.2, 0) is 4.79 Å². The van der Waals surface area contributed by atoms with Crippen LogP contribution in [0.15, 0.2) is 42.6 Å². The summed E-state index contributed by atoms with van der Waals surface area (Å²) in [6, 6.07) is 11.9. The zero-order valence-corrected chi connectivity index (χ0v) is 22.7. The number of ether oxygens (including phenoxy) is 2. The first-order valence-electron chi connectivity index (χ1n) is 12.6. The highest BCUT2D eigenvalue weighted by atomic mass is 16.5. The van der Waals surface area contributed by atoms with E-state index in [1.165, 1.54) is 0 Å². The fourth-order valence-corrected chi connectivity index (χ4v) is 4.95. The van der Waals surface area contributed by atoms with Crippen LogP contribution in [0.1, 0.15) is 18.3 Å². The van der Waals surface area contributed by atoms with Crippen molar-refractivity contribution in [3.63, 3.8) is 0 Å². The van der Waals surface area contributed by atoms with Crippen molar-refractivity contribution in [2.24, 2.45) is 0 Å². The topological polar surface area (TPSA) is 88.3 Å². The molecule has 0 N–H and O–H groups in total. The van der Waals surface area contributed by atoms with Crippen LogP contribution in [0.2, 0.25) is 0 Å². The lowest BCUT2D eigenvalue weighted by atomic mass is 10.1. The van der Waals surface area contributed by atoms with Crippen LogP contribution in [0.25, 0.3) is 16.8 Å². The maximum absolute atomic E-state index is 11.9. The Morgan fingerprint density at radius 2 is 1.71 bits per heavy atom. The molecular formula is C28H33N7O3. The predicted molar refractivity (Wildman–Crippen MR) is 148 cm³/mol. The van der Waals surface area contributed by atoms with Crippen LogP contribution in [0.4, 0.5) is 17.3 Å². The van der Waals surface area contributed by atoms with Crippen molar-refractivity contribution < 1.29 is 14.3 Å². The van der Waals surface area contributed by atoms with Crippen LogP contribution >= 0.6 is 0 Å². The third-order valence-corrected chi connectivity index (χ3v) is 7.06. The summed E-state index contributed by atoms with van der Waals surface area (Å²) >= 11 is 0. The van der Waals surface area contributed by atoms with Crippen molar-refractivity contribution in [3.05, 3.63) is 54.0 Å². The summed E-state index contributed by atoms with van der Waals surface area (Å²) in [5.74, 6) is 3.12. The van der Waals surface area contributed by atoms with Gasteiger partial charge in [-0.15, -0.1) is 0 Å². The highest BCUT2D eigenvalue weighted by molar-refractivity contribution is 5.84. The maximum Gasteiger partial charge on any atom is 0.219 e. The number of hydrogen-bond acceptors (Lipinski definition) is 8. The predicted octanol–water partition coefficient (Wildman–Crippen LogP) is 3.86. The minimum absolute atomic E-state index is 0.101. The second kappa shape index (κ2) is 10.2. The minimum Gasteiger partial charge on any atom is -0.493 e. The number of amides is 1. The van der Waals surface area contributed by atoms with Crippen LogP contribution in [-0.4, -0.2) is 77.8 Å². The number of carbonyl (C=O) groups is 1. The van der Waals surface area contributed by atoms with Crippen molar-refractivity contribution in [1.82, 2.24) is 24.5 Å². The zero-order chi connectivity index (χ0) is 27.0. The molecule has 0 aliphatic carbocycles. The Kier molecular flexibility index (Phi) is 6.79. The Bertz CT molecular complexity index is 1490.